The van der Waals surface area contributed by atoms with Crippen LogP contribution in [0.3, 0.4) is 0 Å². The molecule has 0 heterocycles. The van der Waals surface area contributed by atoms with Crippen LogP contribution in [-0.2, 0) is 4.79 Å². The van der Waals surface area contributed by atoms with E-state index < -0.39 is 0 Å². The summed E-state index contributed by atoms with van der Waals surface area (Å²) in [5.74, 6) is 0.940. The number of nitrogens with one attached hydrogen (secondary N) is 3. The third-order valence-corrected chi connectivity index (χ3v) is 3.17. The molecule has 22 heavy (non-hydrogen) atoms. The second-order valence-electron chi connectivity index (χ2n) is 5.75. The van der Waals surface area contributed by atoms with Crippen molar-refractivity contribution in [2.24, 2.45) is 10.9 Å². The molecule has 3 N–H and O–H groups in total. The van der Waals surface area contributed by atoms with E-state index in [9.17, 15) is 4.79 Å². The summed E-state index contributed by atoms with van der Waals surface area (Å²) in [5.41, 5.74) is 0. The Balaban J connectivity index is 0. The number of halogens is 1. The molecule has 0 aromatic rings. The highest BCUT2D eigenvalue weighted by atomic mass is 127. The number of nitrogens with zero attached hydrogens (tertiary/aromatic N) is 1. The van der Waals surface area contributed by atoms with E-state index in [0.29, 0.717) is 19.1 Å². The summed E-state index contributed by atoms with van der Waals surface area (Å²) in [6.45, 7) is 12.3. The minimum absolute atomic E-state index is 0. The second-order valence-corrected chi connectivity index (χ2v) is 5.75. The molecule has 6 heteroatoms. The molecule has 5 nitrogen and oxygen atoms in total. The largest absolute Gasteiger partial charge is 0.357 e. The van der Waals surface area contributed by atoms with Crippen LogP contribution in [0, 0.1) is 5.92 Å². The molecule has 0 saturated carbocycles. The van der Waals surface area contributed by atoms with E-state index in [1.807, 2.05) is 13.8 Å². The third-order valence-electron chi connectivity index (χ3n) is 3.17. The van der Waals surface area contributed by atoms with E-state index >= 15 is 0 Å². The number of hydrogen-bond acceptors (Lipinski definition) is 2. The van der Waals surface area contributed by atoms with Gasteiger partial charge in [0.15, 0.2) is 5.96 Å². The fourth-order valence-corrected chi connectivity index (χ4v) is 1.88. The number of guanidine groups is 1. The molecule has 0 aromatic carbocycles. The number of hydrogen-bond donors (Lipinski definition) is 3. The number of carbonyl (C=O) groups excluding carboxylic acids is 1. The van der Waals surface area contributed by atoms with E-state index in [-0.39, 0.29) is 35.8 Å². The van der Waals surface area contributed by atoms with Crippen molar-refractivity contribution < 1.29 is 4.79 Å². The minimum Gasteiger partial charge on any atom is -0.357 e. The molecule has 0 aromatic heterocycles. The number of unbranched alkanes of at least 4 members (excludes halogenated alkanes) is 2. The summed E-state index contributed by atoms with van der Waals surface area (Å²) in [5, 5.41) is 9.53. The van der Waals surface area contributed by atoms with Gasteiger partial charge in [-0.3, -0.25) is 9.79 Å². The van der Waals surface area contributed by atoms with Gasteiger partial charge < -0.3 is 16.0 Å². The van der Waals surface area contributed by atoms with Gasteiger partial charge in [-0.05, 0) is 20.3 Å². The van der Waals surface area contributed by atoms with Crippen LogP contribution in [-0.4, -0.2) is 37.5 Å². The molecule has 1 atom stereocenters. The maximum absolute atomic E-state index is 11.4. The van der Waals surface area contributed by atoms with E-state index in [4.69, 9.17) is 0 Å². The quantitative estimate of drug-likeness (QED) is 0.218. The first-order chi connectivity index (χ1) is 10.0. The molecule has 0 saturated heterocycles. The zero-order valence-corrected chi connectivity index (χ0v) is 17.2. The van der Waals surface area contributed by atoms with Gasteiger partial charge >= 0.3 is 0 Å². The van der Waals surface area contributed by atoms with Gasteiger partial charge in [0.25, 0.3) is 0 Å². The summed E-state index contributed by atoms with van der Waals surface area (Å²) in [4.78, 5) is 15.9. The van der Waals surface area contributed by atoms with E-state index in [2.05, 4.69) is 41.7 Å². The SMILES string of the molecule is CCCCCC(C)NC(=NCCNC(=O)C(C)C)NCC.I. The average molecular weight is 426 g/mol. The average Bonchev–Trinajstić information content (AvgIpc) is 2.43. The molecular weight excluding hydrogens is 391 g/mol. The van der Waals surface area contributed by atoms with Gasteiger partial charge in [0.05, 0.1) is 6.54 Å². The molecule has 1 unspecified atom stereocenters. The highest BCUT2D eigenvalue weighted by Crippen LogP contribution is 2.02. The van der Waals surface area contributed by atoms with Crippen molar-refractivity contribution >= 4 is 35.8 Å². The van der Waals surface area contributed by atoms with E-state index in [1.54, 1.807) is 0 Å². The van der Waals surface area contributed by atoms with E-state index in [0.717, 1.165) is 18.9 Å². The Morgan fingerprint density at radius 1 is 1.09 bits per heavy atom. The predicted octanol–water partition coefficient (Wildman–Crippen LogP) is 2.90. The summed E-state index contributed by atoms with van der Waals surface area (Å²) < 4.78 is 0. The number of carbonyl (C=O) groups is 1. The molecule has 0 aliphatic carbocycles. The van der Waals surface area contributed by atoms with Crippen LogP contribution in [0.15, 0.2) is 4.99 Å². The maximum atomic E-state index is 11.4. The molecule has 0 aliphatic heterocycles. The Morgan fingerprint density at radius 3 is 2.32 bits per heavy atom. The van der Waals surface area contributed by atoms with Crippen molar-refractivity contribution in [3.63, 3.8) is 0 Å². The lowest BCUT2D eigenvalue weighted by Crippen LogP contribution is -2.42. The van der Waals surface area contributed by atoms with Gasteiger partial charge in [-0.2, -0.15) is 0 Å². The molecule has 132 valence electrons. The van der Waals surface area contributed by atoms with Crippen LogP contribution in [0.5, 0.6) is 0 Å². The van der Waals surface area contributed by atoms with Crippen LogP contribution < -0.4 is 16.0 Å². The van der Waals surface area contributed by atoms with Crippen LogP contribution in [0.4, 0.5) is 0 Å². The monoisotopic (exact) mass is 426 g/mol. The fourth-order valence-electron chi connectivity index (χ4n) is 1.88. The second kappa shape index (κ2) is 15.4. The van der Waals surface area contributed by atoms with Crippen molar-refractivity contribution in [1.29, 1.82) is 0 Å². The normalized spacial score (nSPS) is 12.5. The molecule has 0 spiro atoms. The van der Waals surface area contributed by atoms with Gasteiger partial charge in [0, 0.05) is 25.0 Å². The Hall–Kier alpha value is -0.530. The van der Waals surface area contributed by atoms with Crippen molar-refractivity contribution in [3.8, 4) is 0 Å². The summed E-state index contributed by atoms with van der Waals surface area (Å²) >= 11 is 0. The number of aliphatic imine (C=N–C) groups is 1. The summed E-state index contributed by atoms with van der Waals surface area (Å²) in [6.07, 6.45) is 4.92. The van der Waals surface area contributed by atoms with Crippen LogP contribution in [0.25, 0.3) is 0 Å². The lowest BCUT2D eigenvalue weighted by molar-refractivity contribution is -0.123. The first-order valence-electron chi connectivity index (χ1n) is 8.33. The van der Waals surface area contributed by atoms with Crippen molar-refractivity contribution in [1.82, 2.24) is 16.0 Å². The smallest absolute Gasteiger partial charge is 0.222 e. The molecule has 0 aliphatic rings. The first-order valence-corrected chi connectivity index (χ1v) is 8.33. The topological polar surface area (TPSA) is 65.5 Å². The molecule has 0 bridgehead atoms. The highest BCUT2D eigenvalue weighted by Gasteiger charge is 2.06. The Morgan fingerprint density at radius 2 is 1.77 bits per heavy atom. The van der Waals surface area contributed by atoms with Gasteiger partial charge in [-0.25, -0.2) is 0 Å². The third kappa shape index (κ3) is 13.2. The van der Waals surface area contributed by atoms with Crippen LogP contribution in [0.2, 0.25) is 0 Å². The predicted molar refractivity (Wildman–Crippen MR) is 106 cm³/mol. The molecule has 0 radical (unpaired) electrons. The number of amides is 1. The Kier molecular flexibility index (Phi) is 16.6. The van der Waals surface area contributed by atoms with Gasteiger partial charge in [0.1, 0.15) is 0 Å². The molecule has 1 amide bonds. The molecule has 0 fully saturated rings. The van der Waals surface area contributed by atoms with Crippen molar-refractivity contribution in [2.45, 2.75) is 66.3 Å². The molecular formula is C16H35IN4O. The summed E-state index contributed by atoms with van der Waals surface area (Å²) in [6, 6.07) is 0.416. The number of rotatable bonds is 10. The Bertz CT molecular complexity index is 309. The summed E-state index contributed by atoms with van der Waals surface area (Å²) in [7, 11) is 0. The molecule has 0 rings (SSSR count). The zero-order chi connectivity index (χ0) is 16.1. The first kappa shape index (κ1) is 23.7. The highest BCUT2D eigenvalue weighted by molar-refractivity contribution is 14.0. The van der Waals surface area contributed by atoms with Crippen molar-refractivity contribution in [2.75, 3.05) is 19.6 Å². The van der Waals surface area contributed by atoms with Crippen LogP contribution in [0.1, 0.15) is 60.3 Å². The van der Waals surface area contributed by atoms with Crippen LogP contribution >= 0.6 is 24.0 Å². The lowest BCUT2D eigenvalue weighted by Gasteiger charge is -2.17. The van der Waals surface area contributed by atoms with Gasteiger partial charge in [-0.15, -0.1) is 24.0 Å². The van der Waals surface area contributed by atoms with Gasteiger partial charge in [0.2, 0.25) is 5.91 Å². The standard InChI is InChI=1S/C16H34N4O.HI/c1-6-8-9-10-14(5)20-16(17-7-2)19-12-11-18-15(21)13(3)4;/h13-14H,6-12H2,1-5H3,(H,18,21)(H2,17,19,20);1H. The van der Waals surface area contributed by atoms with Gasteiger partial charge in [-0.1, -0.05) is 40.0 Å². The minimum atomic E-state index is 0. The Labute approximate surface area is 153 Å². The zero-order valence-electron chi connectivity index (χ0n) is 14.9. The lowest BCUT2D eigenvalue weighted by atomic mass is 10.1. The van der Waals surface area contributed by atoms with Crippen molar-refractivity contribution in [3.05, 3.63) is 0 Å². The fraction of sp³-hybridized carbons (Fsp3) is 0.875. The maximum Gasteiger partial charge on any atom is 0.222 e. The van der Waals surface area contributed by atoms with E-state index in [1.165, 1.54) is 19.3 Å².